The molecule has 0 aromatic rings. The van der Waals surface area contributed by atoms with Crippen molar-refractivity contribution in [1.82, 2.24) is 0 Å². The van der Waals surface area contributed by atoms with Gasteiger partial charge in [-0.1, -0.05) is 13.3 Å². The number of rotatable bonds is 3. The maximum absolute atomic E-state index is 8.77. The Kier molecular flexibility index (Phi) is 2.90. The lowest BCUT2D eigenvalue weighted by molar-refractivity contribution is 0.236. The summed E-state index contributed by atoms with van der Waals surface area (Å²) in [4.78, 5) is 0. The summed E-state index contributed by atoms with van der Waals surface area (Å²) < 4.78 is 0. The average molecular weight is 157 g/mol. The Balaban J connectivity index is 2.37. The zero-order chi connectivity index (χ0) is 8.32. The zero-order valence-electron chi connectivity index (χ0n) is 7.34. The third-order valence-electron chi connectivity index (χ3n) is 2.93. The van der Waals surface area contributed by atoms with Gasteiger partial charge in [0.1, 0.15) is 0 Å². The summed E-state index contributed by atoms with van der Waals surface area (Å²) in [5.41, 5.74) is 6.04. The van der Waals surface area contributed by atoms with E-state index < -0.39 is 0 Å². The molecule has 2 unspecified atom stereocenters. The predicted octanol–water partition coefficient (Wildman–Crippen LogP) is 1.28. The van der Waals surface area contributed by atoms with Gasteiger partial charge in [0, 0.05) is 12.1 Å². The molecule has 11 heavy (non-hydrogen) atoms. The van der Waals surface area contributed by atoms with Crippen molar-refractivity contribution in [1.29, 1.82) is 0 Å². The molecule has 0 aromatic heterocycles. The van der Waals surface area contributed by atoms with Crippen LogP contribution in [0.1, 0.15) is 39.0 Å². The first-order chi connectivity index (χ1) is 5.20. The van der Waals surface area contributed by atoms with E-state index in [1.54, 1.807) is 0 Å². The Bertz CT molecular complexity index is 127. The van der Waals surface area contributed by atoms with E-state index in [4.69, 9.17) is 10.8 Å². The normalized spacial score (nSPS) is 37.9. The Labute approximate surface area is 68.8 Å². The predicted molar refractivity (Wildman–Crippen MR) is 46.3 cm³/mol. The highest BCUT2D eigenvalue weighted by atomic mass is 16.3. The van der Waals surface area contributed by atoms with Crippen LogP contribution >= 0.6 is 0 Å². The van der Waals surface area contributed by atoms with Crippen LogP contribution in [0.5, 0.6) is 0 Å². The van der Waals surface area contributed by atoms with Gasteiger partial charge in [0.2, 0.25) is 0 Å². The molecule has 1 aliphatic rings. The van der Waals surface area contributed by atoms with Gasteiger partial charge in [-0.05, 0) is 31.6 Å². The van der Waals surface area contributed by atoms with E-state index in [2.05, 4.69) is 6.92 Å². The lowest BCUT2D eigenvalue weighted by Gasteiger charge is -2.22. The summed E-state index contributed by atoms with van der Waals surface area (Å²) in [5.74, 6) is 0.812. The fraction of sp³-hybridized carbons (Fsp3) is 1.00. The van der Waals surface area contributed by atoms with Crippen molar-refractivity contribution in [3.05, 3.63) is 0 Å². The Morgan fingerprint density at radius 2 is 2.36 bits per heavy atom. The van der Waals surface area contributed by atoms with Gasteiger partial charge >= 0.3 is 0 Å². The first kappa shape index (κ1) is 9.01. The molecule has 2 heteroatoms. The number of nitrogens with two attached hydrogens (primary N) is 1. The van der Waals surface area contributed by atoms with E-state index in [0.717, 1.165) is 25.2 Å². The van der Waals surface area contributed by atoms with E-state index >= 15 is 0 Å². The second kappa shape index (κ2) is 3.55. The molecule has 1 saturated carbocycles. The Morgan fingerprint density at radius 1 is 1.64 bits per heavy atom. The minimum atomic E-state index is -0.0323. The molecule has 0 spiro atoms. The lowest BCUT2D eigenvalue weighted by Crippen LogP contribution is -2.37. The molecular weight excluding hydrogens is 138 g/mol. The SMILES string of the molecule is CCC1CCC(N)(CCO)C1. The average Bonchev–Trinajstić information content (AvgIpc) is 2.33. The molecule has 0 aliphatic heterocycles. The van der Waals surface area contributed by atoms with E-state index in [1.807, 2.05) is 0 Å². The minimum Gasteiger partial charge on any atom is -0.396 e. The minimum absolute atomic E-state index is 0.0323. The summed E-state index contributed by atoms with van der Waals surface area (Å²) in [6.45, 7) is 2.46. The van der Waals surface area contributed by atoms with Crippen molar-refractivity contribution in [3.63, 3.8) is 0 Å². The smallest absolute Gasteiger partial charge is 0.0448 e. The summed E-state index contributed by atoms with van der Waals surface area (Å²) >= 11 is 0. The molecule has 0 heterocycles. The van der Waals surface area contributed by atoms with Gasteiger partial charge in [0.25, 0.3) is 0 Å². The number of hydrogen-bond donors (Lipinski definition) is 2. The fourth-order valence-electron chi connectivity index (χ4n) is 2.07. The Morgan fingerprint density at radius 3 is 2.82 bits per heavy atom. The summed E-state index contributed by atoms with van der Waals surface area (Å²) in [5, 5.41) is 8.77. The summed E-state index contributed by atoms with van der Waals surface area (Å²) in [6.07, 6.45) is 5.50. The van der Waals surface area contributed by atoms with E-state index in [1.165, 1.54) is 12.8 Å². The van der Waals surface area contributed by atoms with Crippen LogP contribution in [-0.4, -0.2) is 17.3 Å². The standard InChI is InChI=1S/C9H19NO/c1-2-8-3-4-9(10,7-8)5-6-11/h8,11H,2-7,10H2,1H3. The highest BCUT2D eigenvalue weighted by Gasteiger charge is 2.33. The number of hydrogen-bond acceptors (Lipinski definition) is 2. The Hall–Kier alpha value is -0.0800. The second-order valence-electron chi connectivity index (χ2n) is 3.85. The highest BCUT2D eigenvalue weighted by molar-refractivity contribution is 4.92. The van der Waals surface area contributed by atoms with Gasteiger partial charge in [0.05, 0.1) is 0 Å². The molecule has 0 aromatic carbocycles. The van der Waals surface area contributed by atoms with Crippen LogP contribution in [-0.2, 0) is 0 Å². The van der Waals surface area contributed by atoms with Crippen molar-refractivity contribution < 1.29 is 5.11 Å². The second-order valence-corrected chi connectivity index (χ2v) is 3.85. The highest BCUT2D eigenvalue weighted by Crippen LogP contribution is 2.36. The maximum atomic E-state index is 8.77. The molecular formula is C9H19NO. The van der Waals surface area contributed by atoms with Gasteiger partial charge in [-0.2, -0.15) is 0 Å². The van der Waals surface area contributed by atoms with E-state index in [-0.39, 0.29) is 12.1 Å². The van der Waals surface area contributed by atoms with Gasteiger partial charge in [-0.25, -0.2) is 0 Å². The van der Waals surface area contributed by atoms with Crippen LogP contribution in [0.4, 0.5) is 0 Å². The topological polar surface area (TPSA) is 46.2 Å². The van der Waals surface area contributed by atoms with Crippen molar-refractivity contribution in [3.8, 4) is 0 Å². The maximum Gasteiger partial charge on any atom is 0.0448 e. The summed E-state index contributed by atoms with van der Waals surface area (Å²) in [7, 11) is 0. The molecule has 0 radical (unpaired) electrons. The third kappa shape index (κ3) is 2.17. The van der Waals surface area contributed by atoms with E-state index in [9.17, 15) is 0 Å². The van der Waals surface area contributed by atoms with Crippen LogP contribution in [0.25, 0.3) is 0 Å². The zero-order valence-corrected chi connectivity index (χ0v) is 7.34. The van der Waals surface area contributed by atoms with Crippen LogP contribution in [0.15, 0.2) is 0 Å². The fourth-order valence-corrected chi connectivity index (χ4v) is 2.07. The first-order valence-electron chi connectivity index (χ1n) is 4.60. The van der Waals surface area contributed by atoms with Crippen molar-refractivity contribution in [2.75, 3.05) is 6.61 Å². The lowest BCUT2D eigenvalue weighted by atomic mass is 9.93. The molecule has 0 bridgehead atoms. The molecule has 1 aliphatic carbocycles. The molecule has 66 valence electrons. The van der Waals surface area contributed by atoms with Crippen LogP contribution in [0.2, 0.25) is 0 Å². The molecule has 2 nitrogen and oxygen atoms in total. The van der Waals surface area contributed by atoms with Gasteiger partial charge in [0.15, 0.2) is 0 Å². The van der Waals surface area contributed by atoms with Gasteiger partial charge in [-0.15, -0.1) is 0 Å². The molecule has 0 amide bonds. The van der Waals surface area contributed by atoms with Crippen LogP contribution < -0.4 is 5.73 Å². The molecule has 1 rings (SSSR count). The molecule has 0 saturated heterocycles. The van der Waals surface area contributed by atoms with Crippen LogP contribution in [0.3, 0.4) is 0 Å². The third-order valence-corrected chi connectivity index (χ3v) is 2.93. The summed E-state index contributed by atoms with van der Waals surface area (Å²) in [6, 6.07) is 0. The van der Waals surface area contributed by atoms with Gasteiger partial charge < -0.3 is 10.8 Å². The van der Waals surface area contributed by atoms with Crippen molar-refractivity contribution in [2.24, 2.45) is 11.7 Å². The molecule has 3 N–H and O–H groups in total. The molecule has 1 fully saturated rings. The van der Waals surface area contributed by atoms with Crippen molar-refractivity contribution in [2.45, 2.75) is 44.6 Å². The number of aliphatic hydroxyl groups is 1. The van der Waals surface area contributed by atoms with E-state index in [0.29, 0.717) is 0 Å². The largest absolute Gasteiger partial charge is 0.396 e. The van der Waals surface area contributed by atoms with Gasteiger partial charge in [-0.3, -0.25) is 0 Å². The van der Waals surface area contributed by atoms with Crippen molar-refractivity contribution >= 4 is 0 Å². The van der Waals surface area contributed by atoms with Crippen LogP contribution in [0, 0.1) is 5.92 Å². The quantitative estimate of drug-likeness (QED) is 0.648. The number of aliphatic hydroxyl groups excluding tert-OH is 1. The first-order valence-corrected chi connectivity index (χ1v) is 4.60. The molecule has 2 atom stereocenters. The monoisotopic (exact) mass is 157 g/mol.